The second-order valence-corrected chi connectivity index (χ2v) is 8.78. The number of rotatable bonds is 9. The third kappa shape index (κ3) is 6.21. The molecule has 1 amide bonds. The van der Waals surface area contributed by atoms with E-state index in [1.165, 1.54) is 23.1 Å². The average molecular weight is 443 g/mol. The Hall–Kier alpha value is -2.11. The predicted molar refractivity (Wildman–Crippen MR) is 107 cm³/mol. The highest BCUT2D eigenvalue weighted by atomic mass is 32.2. The number of hydrogen-bond donors (Lipinski definition) is 1. The van der Waals surface area contributed by atoms with Gasteiger partial charge in [-0.25, -0.2) is 0 Å². The Balaban J connectivity index is 1.48. The fourth-order valence-corrected chi connectivity index (χ4v) is 4.33. The molecule has 1 N–H and O–H groups in total. The van der Waals surface area contributed by atoms with E-state index in [9.17, 15) is 13.6 Å². The summed E-state index contributed by atoms with van der Waals surface area (Å²) in [5.74, 6) is -1.52. The predicted octanol–water partition coefficient (Wildman–Crippen LogP) is 4.94. The third-order valence-corrected chi connectivity index (χ3v) is 6.13. The number of furan rings is 1. The molecule has 0 aliphatic carbocycles. The topological polar surface area (TPSA) is 71.3 Å². The standard InChI is InChI=1S/C17H16F2N4O2S3/c1-23(9-12-3-2-8-25-12)14(24)10-26-17-22-21-16(28-17)20-11-4-6-13(7-5-11)27-15(18)19/h2-8,15H,9-10H2,1H3,(H,20,21). The Morgan fingerprint density at radius 1 is 1.29 bits per heavy atom. The third-order valence-electron chi connectivity index (χ3n) is 3.46. The number of alkyl halides is 2. The summed E-state index contributed by atoms with van der Waals surface area (Å²) in [6.07, 6.45) is 1.57. The molecule has 0 atom stereocenters. The summed E-state index contributed by atoms with van der Waals surface area (Å²) in [7, 11) is 1.72. The van der Waals surface area contributed by atoms with Crippen LogP contribution in [0.3, 0.4) is 0 Å². The molecule has 28 heavy (non-hydrogen) atoms. The van der Waals surface area contributed by atoms with Crippen molar-refractivity contribution in [3.63, 3.8) is 0 Å². The van der Waals surface area contributed by atoms with Crippen LogP contribution >= 0.6 is 34.9 Å². The molecule has 0 spiro atoms. The number of nitrogens with zero attached hydrogens (tertiary/aromatic N) is 3. The molecule has 2 aromatic heterocycles. The first-order valence-electron chi connectivity index (χ1n) is 8.04. The summed E-state index contributed by atoms with van der Waals surface area (Å²) < 4.78 is 30.6. The minimum absolute atomic E-state index is 0.0433. The van der Waals surface area contributed by atoms with E-state index < -0.39 is 5.76 Å². The summed E-state index contributed by atoms with van der Waals surface area (Å²) in [6, 6.07) is 10.2. The first kappa shape index (κ1) is 20.6. The van der Waals surface area contributed by atoms with Crippen LogP contribution in [0.25, 0.3) is 0 Å². The zero-order chi connectivity index (χ0) is 19.9. The molecule has 3 aromatic rings. The molecule has 0 bridgehead atoms. The van der Waals surface area contributed by atoms with Crippen molar-refractivity contribution in [3.05, 3.63) is 48.4 Å². The van der Waals surface area contributed by atoms with Crippen LogP contribution < -0.4 is 5.32 Å². The van der Waals surface area contributed by atoms with Crippen LogP contribution in [0.15, 0.2) is 56.3 Å². The fraction of sp³-hybridized carbons (Fsp3) is 0.235. The van der Waals surface area contributed by atoms with E-state index in [-0.39, 0.29) is 11.7 Å². The molecule has 0 fully saturated rings. The Bertz CT molecular complexity index is 888. The number of hydrogen-bond acceptors (Lipinski definition) is 8. The van der Waals surface area contributed by atoms with Crippen molar-refractivity contribution in [2.75, 3.05) is 18.1 Å². The molecule has 3 rings (SSSR count). The zero-order valence-electron chi connectivity index (χ0n) is 14.7. The number of amides is 1. The average Bonchev–Trinajstić information content (AvgIpc) is 3.33. The molecule has 0 saturated heterocycles. The van der Waals surface area contributed by atoms with Crippen molar-refractivity contribution >= 4 is 51.6 Å². The van der Waals surface area contributed by atoms with Gasteiger partial charge in [-0.1, -0.05) is 34.9 Å². The molecule has 11 heteroatoms. The van der Waals surface area contributed by atoms with Crippen molar-refractivity contribution in [2.45, 2.75) is 21.5 Å². The molecule has 1 aromatic carbocycles. The van der Waals surface area contributed by atoms with Crippen LogP contribution in [-0.4, -0.2) is 39.6 Å². The van der Waals surface area contributed by atoms with Gasteiger partial charge < -0.3 is 14.6 Å². The van der Waals surface area contributed by atoms with Gasteiger partial charge in [-0.2, -0.15) is 8.78 Å². The number of anilines is 2. The van der Waals surface area contributed by atoms with Gasteiger partial charge in [0.2, 0.25) is 11.0 Å². The SMILES string of the molecule is CN(Cc1ccco1)C(=O)CSc1nnc(Nc2ccc(SC(F)F)cc2)s1. The Morgan fingerprint density at radius 2 is 2.07 bits per heavy atom. The summed E-state index contributed by atoms with van der Waals surface area (Å²) in [5.41, 5.74) is 0.723. The van der Waals surface area contributed by atoms with E-state index in [4.69, 9.17) is 4.42 Å². The second-order valence-electron chi connectivity index (χ2n) is 5.52. The lowest BCUT2D eigenvalue weighted by Gasteiger charge is -2.14. The maximum atomic E-state index is 12.3. The summed E-state index contributed by atoms with van der Waals surface area (Å²) in [4.78, 5) is 14.3. The van der Waals surface area contributed by atoms with E-state index in [2.05, 4.69) is 15.5 Å². The number of thioether (sulfide) groups is 2. The van der Waals surface area contributed by atoms with E-state index >= 15 is 0 Å². The van der Waals surface area contributed by atoms with Gasteiger partial charge >= 0.3 is 0 Å². The second kappa shape index (κ2) is 9.89. The van der Waals surface area contributed by atoms with Crippen LogP contribution in [0.2, 0.25) is 0 Å². The van der Waals surface area contributed by atoms with Gasteiger partial charge in [0.1, 0.15) is 5.76 Å². The maximum Gasteiger partial charge on any atom is 0.288 e. The van der Waals surface area contributed by atoms with Crippen LogP contribution in [0.1, 0.15) is 5.76 Å². The highest BCUT2D eigenvalue weighted by Crippen LogP contribution is 2.30. The summed E-state index contributed by atoms with van der Waals surface area (Å²) >= 11 is 3.12. The largest absolute Gasteiger partial charge is 0.467 e. The number of benzene rings is 1. The van der Waals surface area contributed by atoms with Crippen LogP contribution in [0.5, 0.6) is 0 Å². The minimum atomic E-state index is -2.44. The Kier molecular flexibility index (Phi) is 7.29. The Morgan fingerprint density at radius 3 is 2.75 bits per heavy atom. The number of nitrogens with one attached hydrogen (secondary N) is 1. The van der Waals surface area contributed by atoms with Crippen molar-refractivity contribution in [3.8, 4) is 0 Å². The van der Waals surface area contributed by atoms with Gasteiger partial charge in [-0.05, 0) is 36.4 Å². The number of halogens is 2. The number of aromatic nitrogens is 2. The van der Waals surface area contributed by atoms with Crippen molar-refractivity contribution < 1.29 is 18.0 Å². The van der Waals surface area contributed by atoms with Crippen LogP contribution in [0.4, 0.5) is 19.6 Å². The zero-order valence-corrected chi connectivity index (χ0v) is 17.1. The quantitative estimate of drug-likeness (QED) is 0.471. The van der Waals surface area contributed by atoms with Gasteiger partial charge in [-0.15, -0.1) is 10.2 Å². The smallest absolute Gasteiger partial charge is 0.288 e. The molecule has 0 aliphatic heterocycles. The van der Waals surface area contributed by atoms with E-state index in [1.54, 1.807) is 48.5 Å². The molecular weight excluding hydrogens is 426 g/mol. The summed E-state index contributed by atoms with van der Waals surface area (Å²) in [6.45, 7) is 0.412. The van der Waals surface area contributed by atoms with E-state index in [0.29, 0.717) is 32.7 Å². The molecule has 6 nitrogen and oxygen atoms in total. The number of carbonyl (C=O) groups is 1. The first-order valence-corrected chi connectivity index (χ1v) is 10.7. The van der Waals surface area contributed by atoms with Crippen LogP contribution in [0, 0.1) is 0 Å². The summed E-state index contributed by atoms with van der Waals surface area (Å²) in [5, 5.41) is 11.7. The number of carbonyl (C=O) groups excluding carboxylic acids is 1. The van der Waals surface area contributed by atoms with Crippen molar-refractivity contribution in [1.29, 1.82) is 0 Å². The maximum absolute atomic E-state index is 12.3. The molecule has 0 aliphatic rings. The first-order chi connectivity index (χ1) is 13.5. The monoisotopic (exact) mass is 442 g/mol. The van der Waals surface area contributed by atoms with Gasteiger partial charge in [0.15, 0.2) is 4.34 Å². The van der Waals surface area contributed by atoms with Crippen molar-refractivity contribution in [1.82, 2.24) is 15.1 Å². The van der Waals surface area contributed by atoms with E-state index in [1.807, 2.05) is 6.07 Å². The Labute approximate surface area is 172 Å². The van der Waals surface area contributed by atoms with E-state index in [0.717, 1.165) is 11.4 Å². The highest BCUT2D eigenvalue weighted by molar-refractivity contribution is 8.01. The normalized spacial score (nSPS) is 11.0. The minimum Gasteiger partial charge on any atom is -0.467 e. The molecule has 0 radical (unpaired) electrons. The van der Waals surface area contributed by atoms with Gasteiger partial charge in [-0.3, -0.25) is 4.79 Å². The molecule has 0 unspecified atom stereocenters. The lowest BCUT2D eigenvalue weighted by Crippen LogP contribution is -2.27. The van der Waals surface area contributed by atoms with Gasteiger partial charge in [0, 0.05) is 17.6 Å². The van der Waals surface area contributed by atoms with Crippen LogP contribution in [-0.2, 0) is 11.3 Å². The lowest BCUT2D eigenvalue weighted by molar-refractivity contribution is -0.127. The molecule has 2 heterocycles. The molecule has 148 valence electrons. The van der Waals surface area contributed by atoms with Gasteiger partial charge in [0.25, 0.3) is 5.76 Å². The highest BCUT2D eigenvalue weighted by Gasteiger charge is 2.13. The fourth-order valence-electron chi connectivity index (χ4n) is 2.12. The molecule has 0 saturated carbocycles. The van der Waals surface area contributed by atoms with Crippen molar-refractivity contribution in [2.24, 2.45) is 0 Å². The molecular formula is C17H16F2N4O2S3. The lowest BCUT2D eigenvalue weighted by atomic mass is 10.3. The van der Waals surface area contributed by atoms with Gasteiger partial charge in [0.05, 0.1) is 18.6 Å².